The zero-order valence-electron chi connectivity index (χ0n) is 20.1. The number of para-hydroxylation sites is 1. The molecule has 0 aliphatic carbocycles. The first kappa shape index (κ1) is 22.2. The number of nitrogens with zero attached hydrogens (tertiary/aromatic N) is 4. The molecule has 0 atom stereocenters. The Kier molecular flexibility index (Phi) is 5.77. The highest BCUT2D eigenvalue weighted by Gasteiger charge is 2.28. The number of carbonyl (C=O) groups is 1. The van der Waals surface area contributed by atoms with Gasteiger partial charge in [0.15, 0.2) is 5.82 Å². The second kappa shape index (κ2) is 9.38. The summed E-state index contributed by atoms with van der Waals surface area (Å²) in [5, 5.41) is 4.79. The first-order valence-corrected chi connectivity index (χ1v) is 12.3. The lowest BCUT2D eigenvalue weighted by Crippen LogP contribution is -2.38. The highest BCUT2D eigenvalue weighted by atomic mass is 16.5. The van der Waals surface area contributed by atoms with Crippen LogP contribution in [0.5, 0.6) is 0 Å². The molecule has 0 N–H and O–H groups in total. The van der Waals surface area contributed by atoms with Crippen LogP contribution in [0.4, 0.5) is 0 Å². The van der Waals surface area contributed by atoms with Gasteiger partial charge in [0.05, 0.1) is 16.8 Å². The minimum atomic E-state index is 0.0379. The highest BCUT2D eigenvalue weighted by Crippen LogP contribution is 2.31. The second-order valence-electron chi connectivity index (χ2n) is 9.26. The molecule has 1 fully saturated rings. The molecule has 6 heteroatoms. The van der Waals surface area contributed by atoms with Crippen molar-refractivity contribution in [1.82, 2.24) is 20.0 Å². The molecule has 0 radical (unpaired) electrons. The van der Waals surface area contributed by atoms with E-state index >= 15 is 0 Å². The fourth-order valence-electron chi connectivity index (χ4n) is 4.94. The number of piperidine rings is 1. The summed E-state index contributed by atoms with van der Waals surface area (Å²) in [7, 11) is 0. The lowest BCUT2D eigenvalue weighted by atomic mass is 9.95. The number of pyridine rings is 1. The number of hydrogen-bond donors (Lipinski definition) is 0. The fourth-order valence-corrected chi connectivity index (χ4v) is 4.94. The fraction of sp³-hybridized carbons (Fsp3) is 0.200. The first-order chi connectivity index (χ1) is 17.7. The van der Waals surface area contributed by atoms with Gasteiger partial charge in [-0.3, -0.25) is 4.79 Å². The van der Waals surface area contributed by atoms with Crippen molar-refractivity contribution in [3.8, 4) is 22.4 Å². The quantitative estimate of drug-likeness (QED) is 0.307. The van der Waals surface area contributed by atoms with Crippen LogP contribution in [-0.2, 0) is 0 Å². The van der Waals surface area contributed by atoms with Crippen LogP contribution < -0.4 is 0 Å². The maximum Gasteiger partial charge on any atom is 0.254 e. The number of hydrogen-bond acceptors (Lipinski definition) is 5. The average Bonchev–Trinajstić information content (AvgIpc) is 3.39. The minimum Gasteiger partial charge on any atom is -0.339 e. The molecule has 1 amide bonds. The molecule has 178 valence electrons. The second-order valence-corrected chi connectivity index (χ2v) is 9.26. The van der Waals surface area contributed by atoms with Gasteiger partial charge < -0.3 is 9.42 Å². The molecule has 3 heterocycles. The number of benzene rings is 3. The molecule has 0 saturated carbocycles. The Balaban J connectivity index is 1.29. The molecule has 0 bridgehead atoms. The van der Waals surface area contributed by atoms with Gasteiger partial charge in [0.1, 0.15) is 0 Å². The monoisotopic (exact) mass is 474 g/mol. The van der Waals surface area contributed by atoms with Gasteiger partial charge in [0.2, 0.25) is 5.89 Å². The van der Waals surface area contributed by atoms with E-state index < -0.39 is 0 Å². The molecule has 6 rings (SSSR count). The summed E-state index contributed by atoms with van der Waals surface area (Å²) in [5.74, 6) is 1.56. The average molecular weight is 475 g/mol. The number of carbonyl (C=O) groups excluding carboxylic acids is 1. The van der Waals surface area contributed by atoms with Gasteiger partial charge in [0, 0.05) is 30.0 Å². The first-order valence-electron chi connectivity index (χ1n) is 12.3. The standard InChI is InChI=1S/C30H26N4O2/c1-20-31-29(36-33-20)24-15-17-34(18-16-24)30(35)26-19-28(32-27-10-6-5-9-25(26)27)23-13-11-22(12-14-23)21-7-3-2-4-8-21/h2-14,19,24H,15-18H2,1H3. The van der Waals surface area contributed by atoms with Crippen LogP contribution in [0, 0.1) is 6.92 Å². The summed E-state index contributed by atoms with van der Waals surface area (Å²) in [5.41, 5.74) is 5.62. The van der Waals surface area contributed by atoms with Crippen molar-refractivity contribution in [2.75, 3.05) is 13.1 Å². The van der Waals surface area contributed by atoms with Crippen molar-refractivity contribution in [2.24, 2.45) is 0 Å². The van der Waals surface area contributed by atoms with Crippen LogP contribution in [0.1, 0.15) is 40.8 Å². The molecule has 36 heavy (non-hydrogen) atoms. The van der Waals surface area contributed by atoms with E-state index in [1.165, 1.54) is 5.56 Å². The zero-order chi connectivity index (χ0) is 24.5. The molecule has 3 aromatic carbocycles. The SMILES string of the molecule is Cc1noc(C2CCN(C(=O)c3cc(-c4ccc(-c5ccccc5)cc4)nc4ccccc34)CC2)n1. The summed E-state index contributed by atoms with van der Waals surface area (Å²) >= 11 is 0. The molecule has 1 saturated heterocycles. The molecule has 0 unspecified atom stereocenters. The molecule has 1 aliphatic rings. The topological polar surface area (TPSA) is 72.1 Å². The summed E-state index contributed by atoms with van der Waals surface area (Å²) in [6.07, 6.45) is 1.62. The van der Waals surface area contributed by atoms with Crippen molar-refractivity contribution in [3.63, 3.8) is 0 Å². The molecule has 1 aliphatic heterocycles. The summed E-state index contributed by atoms with van der Waals surface area (Å²) in [6.45, 7) is 3.14. The molecule has 6 nitrogen and oxygen atoms in total. The summed E-state index contributed by atoms with van der Waals surface area (Å²) in [6, 6.07) is 28.5. The van der Waals surface area contributed by atoms with Crippen molar-refractivity contribution in [3.05, 3.63) is 102 Å². The normalized spacial score (nSPS) is 14.3. The van der Waals surface area contributed by atoms with Crippen LogP contribution in [0.2, 0.25) is 0 Å². The van der Waals surface area contributed by atoms with Gasteiger partial charge >= 0.3 is 0 Å². The molecular formula is C30H26N4O2. The van der Waals surface area contributed by atoms with Crippen LogP contribution in [0.3, 0.4) is 0 Å². The van der Waals surface area contributed by atoms with Gasteiger partial charge in [-0.05, 0) is 43.0 Å². The molecular weight excluding hydrogens is 448 g/mol. The number of fused-ring (bicyclic) bond motifs is 1. The number of aromatic nitrogens is 3. The van der Waals surface area contributed by atoms with Gasteiger partial charge in [-0.2, -0.15) is 4.98 Å². The lowest BCUT2D eigenvalue weighted by molar-refractivity contribution is 0.0706. The molecule has 5 aromatic rings. The van der Waals surface area contributed by atoms with Crippen molar-refractivity contribution >= 4 is 16.8 Å². The Morgan fingerprint density at radius 2 is 1.50 bits per heavy atom. The number of amides is 1. The van der Waals surface area contributed by atoms with Crippen LogP contribution in [0.25, 0.3) is 33.3 Å². The van der Waals surface area contributed by atoms with Gasteiger partial charge in [0.25, 0.3) is 5.91 Å². The van der Waals surface area contributed by atoms with Gasteiger partial charge in [-0.15, -0.1) is 0 Å². The van der Waals surface area contributed by atoms with Crippen molar-refractivity contribution in [1.29, 1.82) is 0 Å². The van der Waals surface area contributed by atoms with E-state index in [2.05, 4.69) is 46.5 Å². The van der Waals surface area contributed by atoms with E-state index in [1.54, 1.807) is 0 Å². The predicted octanol–water partition coefficient (Wildman–Crippen LogP) is 6.28. The van der Waals surface area contributed by atoms with Crippen LogP contribution in [-0.4, -0.2) is 39.0 Å². The van der Waals surface area contributed by atoms with Gasteiger partial charge in [-0.1, -0.05) is 78.0 Å². The number of aryl methyl sites for hydroxylation is 1. The minimum absolute atomic E-state index is 0.0379. The zero-order valence-corrected chi connectivity index (χ0v) is 20.1. The van der Waals surface area contributed by atoms with Gasteiger partial charge in [-0.25, -0.2) is 4.98 Å². The largest absolute Gasteiger partial charge is 0.339 e. The predicted molar refractivity (Wildman–Crippen MR) is 140 cm³/mol. The maximum atomic E-state index is 13.7. The van der Waals surface area contributed by atoms with E-state index in [4.69, 9.17) is 9.51 Å². The van der Waals surface area contributed by atoms with Crippen molar-refractivity contribution in [2.45, 2.75) is 25.7 Å². The summed E-state index contributed by atoms with van der Waals surface area (Å²) in [4.78, 5) is 24.9. The third kappa shape index (κ3) is 4.26. The Morgan fingerprint density at radius 1 is 0.833 bits per heavy atom. The number of rotatable bonds is 4. The Morgan fingerprint density at radius 3 is 2.22 bits per heavy atom. The maximum absolute atomic E-state index is 13.7. The van der Waals surface area contributed by atoms with Crippen LogP contribution in [0.15, 0.2) is 89.5 Å². The molecule has 0 spiro atoms. The Hall–Kier alpha value is -4.32. The summed E-state index contributed by atoms with van der Waals surface area (Å²) < 4.78 is 5.37. The van der Waals surface area contributed by atoms with E-state index in [0.29, 0.717) is 30.4 Å². The van der Waals surface area contributed by atoms with E-state index in [1.807, 2.05) is 60.4 Å². The lowest BCUT2D eigenvalue weighted by Gasteiger charge is -2.30. The smallest absolute Gasteiger partial charge is 0.254 e. The highest BCUT2D eigenvalue weighted by molar-refractivity contribution is 6.07. The third-order valence-electron chi connectivity index (χ3n) is 6.91. The van der Waals surface area contributed by atoms with Crippen molar-refractivity contribution < 1.29 is 9.32 Å². The molecule has 2 aromatic heterocycles. The Labute approximate surface area is 209 Å². The van der Waals surface area contributed by atoms with E-state index in [9.17, 15) is 4.79 Å². The Bertz CT molecular complexity index is 1520. The number of likely N-dealkylation sites (tertiary alicyclic amines) is 1. The van der Waals surface area contributed by atoms with E-state index in [-0.39, 0.29) is 11.8 Å². The third-order valence-corrected chi connectivity index (χ3v) is 6.91. The van der Waals surface area contributed by atoms with Crippen LogP contribution >= 0.6 is 0 Å². The van der Waals surface area contributed by atoms with E-state index in [0.717, 1.165) is 40.6 Å².